The molecule has 102 valence electrons. The molecular formula is C14H19ClN4. The molecule has 2 aromatic rings. The maximum atomic E-state index is 6.06. The number of halogens is 1. The fraction of sp³-hybridized carbons (Fsp3) is 0.357. The van der Waals surface area contributed by atoms with Crippen molar-refractivity contribution in [3.05, 3.63) is 29.4 Å². The molecule has 4 nitrogen and oxygen atoms in total. The quantitative estimate of drug-likeness (QED) is 0.652. The molecule has 0 spiro atoms. The Bertz CT molecular complexity index is 569. The van der Waals surface area contributed by atoms with Gasteiger partial charge in [0.25, 0.3) is 0 Å². The van der Waals surface area contributed by atoms with Crippen LogP contribution in [0.1, 0.15) is 6.42 Å². The number of nitrogen functional groups attached to an aromatic ring is 1. The molecule has 0 aliphatic carbocycles. The van der Waals surface area contributed by atoms with Crippen molar-refractivity contribution in [3.8, 4) is 0 Å². The molecule has 3 N–H and O–H groups in total. The van der Waals surface area contributed by atoms with Gasteiger partial charge in [0.1, 0.15) is 5.82 Å². The normalized spacial score (nSPS) is 11.2. The van der Waals surface area contributed by atoms with E-state index in [4.69, 9.17) is 17.3 Å². The highest BCUT2D eigenvalue weighted by Crippen LogP contribution is 2.29. The Hall–Kier alpha value is -1.52. The van der Waals surface area contributed by atoms with Crippen LogP contribution in [0.15, 0.2) is 24.4 Å². The summed E-state index contributed by atoms with van der Waals surface area (Å²) in [4.78, 5) is 6.53. The summed E-state index contributed by atoms with van der Waals surface area (Å²) in [6, 6.07) is 5.57. The summed E-state index contributed by atoms with van der Waals surface area (Å²) < 4.78 is 0. The molecular weight excluding hydrogens is 260 g/mol. The topological polar surface area (TPSA) is 54.2 Å². The van der Waals surface area contributed by atoms with Crippen molar-refractivity contribution < 1.29 is 0 Å². The number of aromatic nitrogens is 1. The van der Waals surface area contributed by atoms with Gasteiger partial charge in [0.2, 0.25) is 0 Å². The summed E-state index contributed by atoms with van der Waals surface area (Å²) in [5.74, 6) is 0.838. The largest absolute Gasteiger partial charge is 0.398 e. The molecule has 0 aliphatic heterocycles. The summed E-state index contributed by atoms with van der Waals surface area (Å²) >= 11 is 6.06. The van der Waals surface area contributed by atoms with Gasteiger partial charge in [0.05, 0.1) is 0 Å². The van der Waals surface area contributed by atoms with Crippen molar-refractivity contribution in [2.24, 2.45) is 0 Å². The van der Waals surface area contributed by atoms with E-state index in [2.05, 4.69) is 29.3 Å². The number of benzene rings is 1. The smallest absolute Gasteiger partial charge is 0.133 e. The van der Waals surface area contributed by atoms with Gasteiger partial charge in [-0.2, -0.15) is 0 Å². The molecule has 0 bridgehead atoms. The van der Waals surface area contributed by atoms with Crippen molar-refractivity contribution >= 4 is 33.9 Å². The third kappa shape index (κ3) is 3.49. The van der Waals surface area contributed by atoms with Crippen molar-refractivity contribution in [2.45, 2.75) is 6.42 Å². The highest BCUT2D eigenvalue weighted by atomic mass is 35.5. The molecule has 0 fully saturated rings. The van der Waals surface area contributed by atoms with Gasteiger partial charge in [-0.1, -0.05) is 11.6 Å². The molecule has 2 rings (SSSR count). The number of nitrogens with two attached hydrogens (primary N) is 1. The van der Waals surface area contributed by atoms with Crippen molar-refractivity contribution in [3.63, 3.8) is 0 Å². The molecule has 19 heavy (non-hydrogen) atoms. The van der Waals surface area contributed by atoms with E-state index in [-0.39, 0.29) is 0 Å². The fourth-order valence-electron chi connectivity index (χ4n) is 2.02. The number of nitrogens with one attached hydrogen (secondary N) is 1. The standard InChI is InChI=1S/C14H19ClN4/c1-19(2)7-3-5-17-14-12-8-10(15)9-13(16)11(12)4-6-18-14/h4,6,8-9H,3,5,7,16H2,1-2H3,(H,17,18). The summed E-state index contributed by atoms with van der Waals surface area (Å²) in [5, 5.41) is 5.93. The zero-order chi connectivity index (χ0) is 13.8. The summed E-state index contributed by atoms with van der Waals surface area (Å²) in [5.41, 5.74) is 6.66. The molecule has 0 atom stereocenters. The average Bonchev–Trinajstić information content (AvgIpc) is 2.34. The highest BCUT2D eigenvalue weighted by molar-refractivity contribution is 6.32. The van der Waals surface area contributed by atoms with Gasteiger partial charge in [-0.15, -0.1) is 0 Å². The maximum Gasteiger partial charge on any atom is 0.133 e. The second-order valence-corrected chi connectivity index (χ2v) is 5.27. The van der Waals surface area contributed by atoms with Crippen molar-refractivity contribution in [1.82, 2.24) is 9.88 Å². The minimum Gasteiger partial charge on any atom is -0.398 e. The third-order valence-electron chi connectivity index (χ3n) is 2.95. The van der Waals surface area contributed by atoms with Gasteiger partial charge in [-0.25, -0.2) is 4.98 Å². The Balaban J connectivity index is 2.19. The lowest BCUT2D eigenvalue weighted by Gasteiger charge is -2.12. The first kappa shape index (κ1) is 13.9. The van der Waals surface area contributed by atoms with Gasteiger partial charge in [-0.05, 0) is 45.3 Å². The first-order valence-corrected chi connectivity index (χ1v) is 6.68. The molecule has 0 saturated heterocycles. The Labute approximate surface area is 118 Å². The van der Waals surface area contributed by atoms with Gasteiger partial charge in [0.15, 0.2) is 0 Å². The van der Waals surface area contributed by atoms with Gasteiger partial charge in [-0.3, -0.25) is 0 Å². The van der Waals surface area contributed by atoms with Crippen LogP contribution in [0, 0.1) is 0 Å². The summed E-state index contributed by atoms with van der Waals surface area (Å²) in [6.07, 6.45) is 2.82. The lowest BCUT2D eigenvalue weighted by Crippen LogP contribution is -2.16. The van der Waals surface area contributed by atoms with Crippen LogP contribution < -0.4 is 11.1 Å². The number of nitrogens with zero attached hydrogens (tertiary/aromatic N) is 2. The Morgan fingerprint density at radius 1 is 1.32 bits per heavy atom. The van der Waals surface area contributed by atoms with Crippen LogP contribution in [0.4, 0.5) is 11.5 Å². The second kappa shape index (κ2) is 6.08. The molecule has 0 aliphatic rings. The fourth-order valence-corrected chi connectivity index (χ4v) is 2.25. The molecule has 0 unspecified atom stereocenters. The predicted molar refractivity (Wildman–Crippen MR) is 82.8 cm³/mol. The third-order valence-corrected chi connectivity index (χ3v) is 3.17. The maximum absolute atomic E-state index is 6.06. The van der Waals surface area contributed by atoms with E-state index in [1.807, 2.05) is 12.1 Å². The Morgan fingerprint density at radius 2 is 2.11 bits per heavy atom. The average molecular weight is 279 g/mol. The summed E-state index contributed by atoms with van der Waals surface area (Å²) in [6.45, 7) is 1.91. The first-order valence-electron chi connectivity index (χ1n) is 6.30. The van der Waals surface area contributed by atoms with E-state index in [1.54, 1.807) is 12.3 Å². The van der Waals surface area contributed by atoms with Crippen LogP contribution >= 0.6 is 11.6 Å². The van der Waals surface area contributed by atoms with Gasteiger partial charge >= 0.3 is 0 Å². The zero-order valence-electron chi connectivity index (χ0n) is 11.3. The molecule has 5 heteroatoms. The van der Waals surface area contributed by atoms with Crippen LogP contribution in [0.2, 0.25) is 5.02 Å². The molecule has 0 saturated carbocycles. The predicted octanol–water partition coefficient (Wildman–Crippen LogP) is 2.83. The van der Waals surface area contributed by atoms with E-state index in [1.165, 1.54) is 0 Å². The molecule has 0 radical (unpaired) electrons. The van der Waals surface area contributed by atoms with E-state index in [0.29, 0.717) is 10.7 Å². The van der Waals surface area contributed by atoms with Gasteiger partial charge in [0, 0.05) is 34.2 Å². The minimum absolute atomic E-state index is 0.634. The first-order chi connectivity index (χ1) is 9.08. The number of fused-ring (bicyclic) bond motifs is 1. The summed E-state index contributed by atoms with van der Waals surface area (Å²) in [7, 11) is 4.13. The van der Waals surface area contributed by atoms with E-state index >= 15 is 0 Å². The van der Waals surface area contributed by atoms with Gasteiger partial charge < -0.3 is 16.0 Å². The van der Waals surface area contributed by atoms with Crippen LogP contribution in [-0.2, 0) is 0 Å². The van der Waals surface area contributed by atoms with E-state index in [9.17, 15) is 0 Å². The lowest BCUT2D eigenvalue weighted by atomic mass is 10.1. The molecule has 1 heterocycles. The van der Waals surface area contributed by atoms with Crippen LogP contribution in [0.5, 0.6) is 0 Å². The van der Waals surface area contributed by atoms with E-state index in [0.717, 1.165) is 36.1 Å². The number of rotatable bonds is 5. The molecule has 1 aromatic heterocycles. The lowest BCUT2D eigenvalue weighted by molar-refractivity contribution is 0.405. The van der Waals surface area contributed by atoms with Crippen LogP contribution in [0.25, 0.3) is 10.8 Å². The SMILES string of the molecule is CN(C)CCCNc1nccc2c(N)cc(Cl)cc12. The number of hydrogen-bond acceptors (Lipinski definition) is 4. The monoisotopic (exact) mass is 278 g/mol. The van der Waals surface area contributed by atoms with Crippen LogP contribution in [0.3, 0.4) is 0 Å². The number of hydrogen-bond donors (Lipinski definition) is 2. The van der Waals surface area contributed by atoms with Crippen molar-refractivity contribution in [2.75, 3.05) is 38.2 Å². The number of pyridine rings is 1. The Morgan fingerprint density at radius 3 is 2.84 bits per heavy atom. The zero-order valence-corrected chi connectivity index (χ0v) is 12.0. The van der Waals surface area contributed by atoms with E-state index < -0.39 is 0 Å². The van der Waals surface area contributed by atoms with Crippen LogP contribution in [-0.4, -0.2) is 37.1 Å². The Kier molecular flexibility index (Phi) is 4.45. The molecule has 0 amide bonds. The number of anilines is 2. The van der Waals surface area contributed by atoms with Crippen molar-refractivity contribution in [1.29, 1.82) is 0 Å². The molecule has 1 aromatic carbocycles. The minimum atomic E-state index is 0.634. The second-order valence-electron chi connectivity index (χ2n) is 4.83. The highest BCUT2D eigenvalue weighted by Gasteiger charge is 2.06.